The zero-order chi connectivity index (χ0) is 21.4. The molecule has 2 atom stereocenters. The van der Waals surface area contributed by atoms with E-state index in [9.17, 15) is 13.6 Å². The number of hydrogen-bond donors (Lipinski definition) is 1. The smallest absolute Gasteiger partial charge is 0.416 e. The Bertz CT molecular complexity index is 951. The first-order chi connectivity index (χ1) is 14.3. The van der Waals surface area contributed by atoms with Gasteiger partial charge in [0, 0.05) is 5.56 Å². The third-order valence-electron chi connectivity index (χ3n) is 4.91. The fraction of sp³-hybridized carbons (Fsp3) is 0.500. The van der Waals surface area contributed by atoms with Gasteiger partial charge in [0.1, 0.15) is 18.1 Å². The molecule has 0 saturated carbocycles. The summed E-state index contributed by atoms with van der Waals surface area (Å²) < 4.78 is 37.8. The lowest BCUT2D eigenvalue weighted by Gasteiger charge is -2.39. The molecule has 4 rings (SSSR count). The number of morpholine rings is 1. The minimum absolute atomic E-state index is 0.0187. The molecule has 2 N–H and O–H groups in total. The lowest BCUT2D eigenvalue weighted by Crippen LogP contribution is -2.50. The van der Waals surface area contributed by atoms with Gasteiger partial charge in [0.15, 0.2) is 5.82 Å². The molecule has 2 saturated heterocycles. The molecule has 0 bridgehead atoms. The van der Waals surface area contributed by atoms with Crippen LogP contribution in [0, 0.1) is 0 Å². The van der Waals surface area contributed by atoms with E-state index in [0.717, 1.165) is 0 Å². The fourth-order valence-corrected chi connectivity index (χ4v) is 3.53. The molecule has 10 nitrogen and oxygen atoms in total. The molecule has 0 spiro atoms. The molecule has 12 heteroatoms. The Hall–Kier alpha value is -3.15. The molecule has 0 radical (unpaired) electrons. The number of ether oxygens (including phenoxy) is 2. The number of aromatic nitrogens is 4. The van der Waals surface area contributed by atoms with Gasteiger partial charge in [-0.2, -0.15) is 15.0 Å². The summed E-state index contributed by atoms with van der Waals surface area (Å²) in [6, 6.07) is 2.65. The van der Waals surface area contributed by atoms with Crippen LogP contribution >= 0.6 is 0 Å². The predicted octanol–water partition coefficient (Wildman–Crippen LogP) is 2.02. The number of nitrogens with zero attached hydrogens (tertiary/aromatic N) is 6. The van der Waals surface area contributed by atoms with Crippen molar-refractivity contribution < 1.29 is 23.0 Å². The second-order valence-corrected chi connectivity index (χ2v) is 7.14. The van der Waals surface area contributed by atoms with Crippen LogP contribution in [0.15, 0.2) is 12.1 Å². The first-order valence-corrected chi connectivity index (χ1v) is 9.46. The van der Waals surface area contributed by atoms with Crippen molar-refractivity contribution in [2.24, 2.45) is 0 Å². The van der Waals surface area contributed by atoms with Crippen LogP contribution in [-0.2, 0) is 9.47 Å². The number of nitrogen functional groups attached to an aromatic ring is 1. The Kier molecular flexibility index (Phi) is 5.33. The molecule has 160 valence electrons. The van der Waals surface area contributed by atoms with Crippen molar-refractivity contribution in [2.75, 3.05) is 41.9 Å². The predicted molar refractivity (Wildman–Crippen MR) is 103 cm³/mol. The maximum absolute atomic E-state index is 13.6. The normalized spacial score (nSPS) is 22.0. The summed E-state index contributed by atoms with van der Waals surface area (Å²) in [6.45, 7) is 5.23. The standard InChI is InChI=1S/C18H21F2N7O3/c1-9-7-29-8-10(2)27(9)17-24-15(11-3-4-12(21)22-13(11)14(19)20)23-16(25-17)26-5-6-30-18(26)28/h3-4,9-10,14H,5-8H2,1-2H3,(H2,21,22)/t9-,10+. The molecule has 0 aromatic carbocycles. The summed E-state index contributed by atoms with van der Waals surface area (Å²) in [5, 5.41) is 0. The van der Waals surface area contributed by atoms with Gasteiger partial charge in [-0.05, 0) is 26.0 Å². The quantitative estimate of drug-likeness (QED) is 0.790. The van der Waals surface area contributed by atoms with Crippen molar-refractivity contribution >= 4 is 23.8 Å². The number of rotatable bonds is 4. The Labute approximate surface area is 171 Å². The number of carbonyl (C=O) groups is 1. The number of hydrogen-bond acceptors (Lipinski definition) is 9. The minimum atomic E-state index is -2.88. The summed E-state index contributed by atoms with van der Waals surface area (Å²) in [5.41, 5.74) is 5.07. The van der Waals surface area contributed by atoms with Crippen LogP contribution < -0.4 is 15.5 Å². The number of nitrogens with two attached hydrogens (primary N) is 1. The summed E-state index contributed by atoms with van der Waals surface area (Å²) in [5.74, 6) is 0.223. The highest BCUT2D eigenvalue weighted by atomic mass is 19.3. The molecular formula is C18H21F2N7O3. The SMILES string of the molecule is C[C@@H]1COC[C@H](C)N1c1nc(-c2ccc(N)nc2C(F)F)nc(N2CCOC2=O)n1. The van der Waals surface area contributed by atoms with Crippen LogP contribution in [0.2, 0.25) is 0 Å². The molecule has 30 heavy (non-hydrogen) atoms. The first-order valence-electron chi connectivity index (χ1n) is 9.46. The van der Waals surface area contributed by atoms with Gasteiger partial charge in [0.25, 0.3) is 6.43 Å². The van der Waals surface area contributed by atoms with Gasteiger partial charge in [-0.1, -0.05) is 0 Å². The van der Waals surface area contributed by atoms with E-state index in [1.807, 2.05) is 18.7 Å². The lowest BCUT2D eigenvalue weighted by atomic mass is 10.1. The van der Waals surface area contributed by atoms with Crippen molar-refractivity contribution in [1.82, 2.24) is 19.9 Å². The third-order valence-corrected chi connectivity index (χ3v) is 4.91. The zero-order valence-electron chi connectivity index (χ0n) is 16.5. The van der Waals surface area contributed by atoms with Gasteiger partial charge in [0.05, 0.1) is 31.8 Å². The lowest BCUT2D eigenvalue weighted by molar-refractivity contribution is 0.0747. The summed E-state index contributed by atoms with van der Waals surface area (Å²) in [7, 11) is 0. The third kappa shape index (κ3) is 3.70. The van der Waals surface area contributed by atoms with Crippen LogP contribution in [0.1, 0.15) is 26.0 Å². The second kappa shape index (κ2) is 7.94. The molecule has 2 aromatic heterocycles. The van der Waals surface area contributed by atoms with Crippen molar-refractivity contribution in [2.45, 2.75) is 32.4 Å². The van der Waals surface area contributed by atoms with Gasteiger partial charge in [-0.15, -0.1) is 0 Å². The molecule has 2 aromatic rings. The number of amides is 1. The average molecular weight is 421 g/mol. The van der Waals surface area contributed by atoms with Crippen LogP contribution in [0.4, 0.5) is 31.3 Å². The average Bonchev–Trinajstić information content (AvgIpc) is 3.13. The molecule has 2 aliphatic heterocycles. The fourth-order valence-electron chi connectivity index (χ4n) is 3.53. The molecule has 4 heterocycles. The van der Waals surface area contributed by atoms with E-state index in [2.05, 4.69) is 19.9 Å². The van der Waals surface area contributed by atoms with Gasteiger partial charge >= 0.3 is 6.09 Å². The van der Waals surface area contributed by atoms with Crippen molar-refractivity contribution in [1.29, 1.82) is 0 Å². The highest BCUT2D eigenvalue weighted by Gasteiger charge is 2.32. The zero-order valence-corrected chi connectivity index (χ0v) is 16.5. The summed E-state index contributed by atoms with van der Waals surface area (Å²) >= 11 is 0. The first kappa shape index (κ1) is 20.1. The monoisotopic (exact) mass is 421 g/mol. The molecular weight excluding hydrogens is 400 g/mol. The van der Waals surface area contributed by atoms with Gasteiger partial charge in [-0.3, -0.25) is 0 Å². The van der Waals surface area contributed by atoms with E-state index in [-0.39, 0.29) is 54.3 Å². The maximum atomic E-state index is 13.6. The molecule has 0 unspecified atom stereocenters. The van der Waals surface area contributed by atoms with Crippen LogP contribution in [0.3, 0.4) is 0 Å². The van der Waals surface area contributed by atoms with E-state index >= 15 is 0 Å². The number of anilines is 3. The molecule has 0 aliphatic carbocycles. The van der Waals surface area contributed by atoms with E-state index < -0.39 is 18.2 Å². The largest absolute Gasteiger partial charge is 0.447 e. The Morgan fingerprint density at radius 1 is 1.10 bits per heavy atom. The number of halogens is 2. The highest BCUT2D eigenvalue weighted by Crippen LogP contribution is 2.31. The van der Waals surface area contributed by atoms with E-state index in [1.165, 1.54) is 17.0 Å². The number of pyridine rings is 1. The number of cyclic esters (lactones) is 1. The molecule has 2 aliphatic rings. The van der Waals surface area contributed by atoms with Crippen molar-refractivity contribution in [3.8, 4) is 11.4 Å². The Balaban J connectivity index is 1.87. The van der Waals surface area contributed by atoms with E-state index in [1.54, 1.807) is 0 Å². The van der Waals surface area contributed by atoms with Crippen LogP contribution in [-0.4, -0.2) is 64.5 Å². The van der Waals surface area contributed by atoms with Gasteiger partial charge in [0.2, 0.25) is 11.9 Å². The van der Waals surface area contributed by atoms with Crippen molar-refractivity contribution in [3.05, 3.63) is 17.8 Å². The van der Waals surface area contributed by atoms with Crippen LogP contribution in [0.25, 0.3) is 11.4 Å². The summed E-state index contributed by atoms with van der Waals surface area (Å²) in [4.78, 5) is 32.2. The topological polar surface area (TPSA) is 120 Å². The van der Waals surface area contributed by atoms with E-state index in [0.29, 0.717) is 13.2 Å². The molecule has 1 amide bonds. The second-order valence-electron chi connectivity index (χ2n) is 7.14. The maximum Gasteiger partial charge on any atom is 0.416 e. The van der Waals surface area contributed by atoms with Gasteiger partial charge in [-0.25, -0.2) is 23.5 Å². The highest BCUT2D eigenvalue weighted by molar-refractivity contribution is 5.87. The van der Waals surface area contributed by atoms with Crippen LogP contribution in [0.5, 0.6) is 0 Å². The Morgan fingerprint density at radius 3 is 2.43 bits per heavy atom. The number of alkyl halides is 2. The summed E-state index contributed by atoms with van der Waals surface area (Å²) in [6.07, 6.45) is -3.49. The molecule has 2 fully saturated rings. The minimum Gasteiger partial charge on any atom is -0.447 e. The van der Waals surface area contributed by atoms with E-state index in [4.69, 9.17) is 15.2 Å². The van der Waals surface area contributed by atoms with Crippen molar-refractivity contribution in [3.63, 3.8) is 0 Å². The van der Waals surface area contributed by atoms with Gasteiger partial charge < -0.3 is 20.1 Å². The Morgan fingerprint density at radius 2 is 1.80 bits per heavy atom. The number of carbonyl (C=O) groups excluding carboxylic acids is 1.